The van der Waals surface area contributed by atoms with Crippen LogP contribution in [0.25, 0.3) is 22.6 Å². The lowest BCUT2D eigenvalue weighted by Gasteiger charge is -2.06. The predicted octanol–water partition coefficient (Wildman–Crippen LogP) is 5.71. The third-order valence-electron chi connectivity index (χ3n) is 5.05. The van der Waals surface area contributed by atoms with Crippen LogP contribution in [-0.2, 0) is 17.8 Å². The molecule has 0 atom stereocenters. The summed E-state index contributed by atoms with van der Waals surface area (Å²) in [6.45, 7) is 1.99. The molecule has 0 unspecified atom stereocenters. The zero-order valence-corrected chi connectivity index (χ0v) is 17.3. The molecule has 5 heteroatoms. The fraction of sp³-hybridized carbons (Fsp3) is 0.154. The van der Waals surface area contributed by atoms with Crippen LogP contribution in [0.4, 0.5) is 4.39 Å². The number of amides is 1. The van der Waals surface area contributed by atoms with Gasteiger partial charge in [-0.3, -0.25) is 4.79 Å². The molecule has 1 N–H and O–H groups in total. The van der Waals surface area contributed by atoms with E-state index in [0.717, 1.165) is 22.4 Å². The highest BCUT2D eigenvalue weighted by atomic mass is 19.1. The van der Waals surface area contributed by atoms with E-state index >= 15 is 0 Å². The Morgan fingerprint density at radius 2 is 1.65 bits per heavy atom. The second-order valence-corrected chi connectivity index (χ2v) is 7.38. The zero-order chi connectivity index (χ0) is 21.6. The van der Waals surface area contributed by atoms with Crippen LogP contribution in [0.3, 0.4) is 0 Å². The van der Waals surface area contributed by atoms with Crippen LogP contribution in [0.1, 0.15) is 23.4 Å². The lowest BCUT2D eigenvalue weighted by molar-refractivity contribution is -0.121. The van der Waals surface area contributed by atoms with Crippen molar-refractivity contribution in [3.63, 3.8) is 0 Å². The minimum absolute atomic E-state index is 0.137. The molecule has 3 aromatic carbocycles. The Bertz CT molecular complexity index is 1110. The molecule has 4 aromatic rings. The number of aryl methyl sites for hydroxylation is 2. The quantitative estimate of drug-likeness (QED) is 0.422. The van der Waals surface area contributed by atoms with E-state index in [2.05, 4.69) is 10.3 Å². The number of carbonyl (C=O) groups excluding carboxylic acids is 1. The number of hydrogen-bond donors (Lipinski definition) is 1. The van der Waals surface area contributed by atoms with Crippen LogP contribution >= 0.6 is 0 Å². The molecule has 0 saturated heterocycles. The minimum Gasteiger partial charge on any atom is -0.440 e. The maximum Gasteiger partial charge on any atom is 0.220 e. The molecule has 1 aromatic heterocycles. The summed E-state index contributed by atoms with van der Waals surface area (Å²) in [5, 5.41) is 2.83. The van der Waals surface area contributed by atoms with E-state index in [1.165, 1.54) is 6.07 Å². The van der Waals surface area contributed by atoms with Crippen molar-refractivity contribution in [2.75, 3.05) is 0 Å². The lowest BCUT2D eigenvalue weighted by atomic mass is 10.1. The van der Waals surface area contributed by atoms with E-state index in [0.29, 0.717) is 23.6 Å². The highest BCUT2D eigenvalue weighted by molar-refractivity contribution is 5.77. The van der Waals surface area contributed by atoms with Gasteiger partial charge in [0.1, 0.15) is 11.5 Å². The standard InChI is InChI=1S/C26H23FN2O2/c1-18-12-13-19(16-22(18)27)17-28-23(30)14-15-24-29-25(20-8-4-2-5-9-20)26(31-24)21-10-6-3-7-11-21/h2-13,16H,14-15,17H2,1H3,(H,28,30). The van der Waals surface area contributed by atoms with Gasteiger partial charge >= 0.3 is 0 Å². The van der Waals surface area contributed by atoms with E-state index in [1.54, 1.807) is 13.0 Å². The van der Waals surface area contributed by atoms with Gasteiger partial charge in [-0.25, -0.2) is 9.37 Å². The summed E-state index contributed by atoms with van der Waals surface area (Å²) in [5.41, 5.74) is 3.97. The second-order valence-electron chi connectivity index (χ2n) is 7.38. The summed E-state index contributed by atoms with van der Waals surface area (Å²) >= 11 is 0. The molecule has 1 amide bonds. The molecular formula is C26H23FN2O2. The van der Waals surface area contributed by atoms with Crippen molar-refractivity contribution in [1.29, 1.82) is 0 Å². The largest absolute Gasteiger partial charge is 0.440 e. The van der Waals surface area contributed by atoms with Crippen LogP contribution in [-0.4, -0.2) is 10.9 Å². The SMILES string of the molecule is Cc1ccc(CNC(=O)CCc2nc(-c3ccccc3)c(-c3ccccc3)o2)cc1F. The van der Waals surface area contributed by atoms with Crippen molar-refractivity contribution in [3.8, 4) is 22.6 Å². The molecule has 1 heterocycles. The van der Waals surface area contributed by atoms with Gasteiger partial charge in [-0.15, -0.1) is 0 Å². The number of benzene rings is 3. The molecule has 0 saturated carbocycles. The molecule has 156 valence electrons. The topological polar surface area (TPSA) is 55.1 Å². The Hall–Kier alpha value is -3.73. The van der Waals surface area contributed by atoms with E-state index in [-0.39, 0.29) is 24.7 Å². The third-order valence-corrected chi connectivity index (χ3v) is 5.05. The van der Waals surface area contributed by atoms with Crippen LogP contribution in [0.5, 0.6) is 0 Å². The Morgan fingerprint density at radius 3 is 2.32 bits per heavy atom. The molecule has 0 bridgehead atoms. The van der Waals surface area contributed by atoms with Gasteiger partial charge in [-0.05, 0) is 24.1 Å². The monoisotopic (exact) mass is 414 g/mol. The first-order valence-corrected chi connectivity index (χ1v) is 10.2. The molecule has 4 rings (SSSR count). The molecule has 0 radical (unpaired) electrons. The minimum atomic E-state index is -0.270. The first-order valence-electron chi connectivity index (χ1n) is 10.2. The fourth-order valence-corrected chi connectivity index (χ4v) is 3.30. The van der Waals surface area contributed by atoms with Crippen LogP contribution in [0, 0.1) is 12.7 Å². The predicted molar refractivity (Wildman–Crippen MR) is 119 cm³/mol. The summed E-state index contributed by atoms with van der Waals surface area (Å²) in [5.74, 6) is 0.793. The molecule has 31 heavy (non-hydrogen) atoms. The van der Waals surface area contributed by atoms with Crippen LogP contribution in [0.2, 0.25) is 0 Å². The zero-order valence-electron chi connectivity index (χ0n) is 17.3. The summed E-state index contributed by atoms with van der Waals surface area (Å²) < 4.78 is 19.7. The van der Waals surface area contributed by atoms with Gasteiger partial charge in [-0.2, -0.15) is 0 Å². The van der Waals surface area contributed by atoms with Gasteiger partial charge in [0.2, 0.25) is 5.91 Å². The van der Waals surface area contributed by atoms with Gasteiger partial charge in [0, 0.05) is 30.5 Å². The summed E-state index contributed by atoms with van der Waals surface area (Å²) in [6, 6.07) is 24.6. The van der Waals surface area contributed by atoms with Crippen molar-refractivity contribution < 1.29 is 13.6 Å². The van der Waals surface area contributed by atoms with Gasteiger partial charge in [-0.1, -0.05) is 72.8 Å². The normalized spacial score (nSPS) is 10.8. The number of rotatable bonds is 7. The van der Waals surface area contributed by atoms with E-state index < -0.39 is 0 Å². The molecule has 0 aliphatic rings. The Labute approximate surface area is 180 Å². The number of oxazole rings is 1. The third kappa shape index (κ3) is 5.07. The van der Waals surface area contributed by atoms with Gasteiger partial charge in [0.05, 0.1) is 0 Å². The maximum absolute atomic E-state index is 13.7. The number of nitrogens with zero attached hydrogens (tertiary/aromatic N) is 1. The van der Waals surface area contributed by atoms with Crippen LogP contribution < -0.4 is 5.32 Å². The molecule has 0 spiro atoms. The average molecular weight is 414 g/mol. The fourth-order valence-electron chi connectivity index (χ4n) is 3.30. The number of hydrogen-bond acceptors (Lipinski definition) is 3. The molecule has 0 aliphatic heterocycles. The molecular weight excluding hydrogens is 391 g/mol. The lowest BCUT2D eigenvalue weighted by Crippen LogP contribution is -2.23. The highest BCUT2D eigenvalue weighted by Crippen LogP contribution is 2.32. The van der Waals surface area contributed by atoms with Crippen molar-refractivity contribution in [3.05, 3.63) is 102 Å². The molecule has 0 aliphatic carbocycles. The van der Waals surface area contributed by atoms with E-state index in [1.807, 2.05) is 66.7 Å². The van der Waals surface area contributed by atoms with Crippen LogP contribution in [0.15, 0.2) is 83.3 Å². The van der Waals surface area contributed by atoms with Crippen molar-refractivity contribution in [2.24, 2.45) is 0 Å². The summed E-state index contributed by atoms with van der Waals surface area (Å²) in [7, 11) is 0. The van der Waals surface area contributed by atoms with Gasteiger partial charge in [0.15, 0.2) is 11.7 Å². The highest BCUT2D eigenvalue weighted by Gasteiger charge is 2.17. The Balaban J connectivity index is 1.45. The number of nitrogens with one attached hydrogen (secondary N) is 1. The second kappa shape index (κ2) is 9.39. The Kier molecular flexibility index (Phi) is 6.22. The number of carbonyl (C=O) groups is 1. The maximum atomic E-state index is 13.7. The summed E-state index contributed by atoms with van der Waals surface area (Å²) in [6.07, 6.45) is 0.609. The summed E-state index contributed by atoms with van der Waals surface area (Å²) in [4.78, 5) is 17.0. The molecule has 4 nitrogen and oxygen atoms in total. The number of halogens is 1. The van der Waals surface area contributed by atoms with Crippen molar-refractivity contribution >= 4 is 5.91 Å². The average Bonchev–Trinajstić information content (AvgIpc) is 3.24. The first-order chi connectivity index (χ1) is 15.1. The van der Waals surface area contributed by atoms with Crippen molar-refractivity contribution in [1.82, 2.24) is 10.3 Å². The van der Waals surface area contributed by atoms with Gasteiger partial charge in [0.25, 0.3) is 0 Å². The molecule has 0 fully saturated rings. The number of aromatic nitrogens is 1. The van der Waals surface area contributed by atoms with Gasteiger partial charge < -0.3 is 9.73 Å². The Morgan fingerprint density at radius 1 is 0.968 bits per heavy atom. The van der Waals surface area contributed by atoms with Crippen molar-refractivity contribution in [2.45, 2.75) is 26.3 Å². The first kappa shape index (κ1) is 20.5. The van der Waals surface area contributed by atoms with E-state index in [9.17, 15) is 9.18 Å². The van der Waals surface area contributed by atoms with E-state index in [4.69, 9.17) is 4.42 Å². The smallest absolute Gasteiger partial charge is 0.220 e.